The van der Waals surface area contributed by atoms with Crippen molar-refractivity contribution < 1.29 is 19.1 Å². The molecule has 0 spiro atoms. The van der Waals surface area contributed by atoms with Gasteiger partial charge in [0, 0.05) is 32.2 Å². The van der Waals surface area contributed by atoms with Crippen molar-refractivity contribution in [2.45, 2.75) is 6.04 Å². The smallest absolute Gasteiger partial charge is 0.257 e. The first kappa shape index (κ1) is 19.7. The molecule has 0 aliphatic carbocycles. The molecule has 1 atom stereocenters. The van der Waals surface area contributed by atoms with Gasteiger partial charge in [0.25, 0.3) is 5.91 Å². The van der Waals surface area contributed by atoms with Gasteiger partial charge in [0.15, 0.2) is 0 Å². The van der Waals surface area contributed by atoms with E-state index in [1.54, 1.807) is 35.1 Å². The highest BCUT2D eigenvalue weighted by atomic mass is 16.5. The average molecular weight is 383 g/mol. The lowest BCUT2D eigenvalue weighted by atomic mass is 10.1. The molecule has 2 amide bonds. The van der Waals surface area contributed by atoms with Crippen molar-refractivity contribution in [2.75, 3.05) is 40.4 Å². The molecule has 2 aromatic carbocycles. The minimum atomic E-state index is -0.690. The third kappa shape index (κ3) is 4.09. The third-order valence-corrected chi connectivity index (χ3v) is 4.94. The van der Waals surface area contributed by atoms with Crippen molar-refractivity contribution in [1.82, 2.24) is 9.80 Å². The highest BCUT2D eigenvalue weighted by molar-refractivity contribution is 5.97. The first-order valence-corrected chi connectivity index (χ1v) is 9.15. The maximum absolute atomic E-state index is 12.9. The van der Waals surface area contributed by atoms with Gasteiger partial charge in [-0.05, 0) is 17.7 Å². The Labute approximate surface area is 164 Å². The SMILES string of the molecule is COc1ccc(C(=O)N2CCN(C(=O)C(N)c3ccccc3)CC2)c(OC)c1. The van der Waals surface area contributed by atoms with Crippen molar-refractivity contribution >= 4 is 11.8 Å². The van der Waals surface area contributed by atoms with Crippen molar-refractivity contribution in [3.05, 3.63) is 59.7 Å². The van der Waals surface area contributed by atoms with Gasteiger partial charge in [-0.25, -0.2) is 0 Å². The number of carbonyl (C=O) groups excluding carboxylic acids is 2. The number of amides is 2. The minimum absolute atomic E-state index is 0.125. The molecule has 1 saturated heterocycles. The Morgan fingerprint density at radius 1 is 0.929 bits per heavy atom. The van der Waals surface area contributed by atoms with Gasteiger partial charge in [-0.15, -0.1) is 0 Å². The number of hydrogen-bond acceptors (Lipinski definition) is 5. The van der Waals surface area contributed by atoms with E-state index in [-0.39, 0.29) is 11.8 Å². The van der Waals surface area contributed by atoms with Crippen LogP contribution in [0, 0.1) is 0 Å². The Bertz CT molecular complexity index is 833. The molecule has 1 aliphatic heterocycles. The van der Waals surface area contributed by atoms with E-state index in [1.165, 1.54) is 7.11 Å². The van der Waals surface area contributed by atoms with E-state index < -0.39 is 6.04 Å². The molecule has 7 nitrogen and oxygen atoms in total. The number of piperazine rings is 1. The largest absolute Gasteiger partial charge is 0.497 e. The van der Waals surface area contributed by atoms with Crippen molar-refractivity contribution in [1.29, 1.82) is 0 Å². The second-order valence-electron chi connectivity index (χ2n) is 6.57. The molecule has 148 valence electrons. The first-order chi connectivity index (χ1) is 13.5. The van der Waals surface area contributed by atoms with Crippen LogP contribution in [0.25, 0.3) is 0 Å². The number of hydrogen-bond donors (Lipinski definition) is 1. The molecular formula is C21H25N3O4. The second-order valence-corrected chi connectivity index (χ2v) is 6.57. The Kier molecular flexibility index (Phi) is 6.16. The van der Waals surface area contributed by atoms with Crippen LogP contribution in [0.3, 0.4) is 0 Å². The number of methoxy groups -OCH3 is 2. The Hall–Kier alpha value is -3.06. The number of ether oxygens (including phenoxy) is 2. The lowest BCUT2D eigenvalue weighted by molar-refractivity contribution is -0.134. The average Bonchev–Trinajstić information content (AvgIpc) is 2.77. The summed E-state index contributed by atoms with van der Waals surface area (Å²) in [7, 11) is 3.08. The van der Waals surface area contributed by atoms with E-state index in [9.17, 15) is 9.59 Å². The summed E-state index contributed by atoms with van der Waals surface area (Å²) in [5.41, 5.74) is 7.38. The van der Waals surface area contributed by atoms with Crippen molar-refractivity contribution in [3.63, 3.8) is 0 Å². The third-order valence-electron chi connectivity index (χ3n) is 4.94. The molecule has 2 aromatic rings. The summed E-state index contributed by atoms with van der Waals surface area (Å²) in [5, 5.41) is 0. The van der Waals surface area contributed by atoms with E-state index in [0.717, 1.165) is 5.56 Å². The number of benzene rings is 2. The zero-order valence-corrected chi connectivity index (χ0v) is 16.1. The van der Waals surface area contributed by atoms with Crippen LogP contribution in [0.1, 0.15) is 22.0 Å². The lowest BCUT2D eigenvalue weighted by Gasteiger charge is -2.36. The van der Waals surface area contributed by atoms with E-state index >= 15 is 0 Å². The van der Waals surface area contributed by atoms with Crippen LogP contribution in [0.4, 0.5) is 0 Å². The highest BCUT2D eigenvalue weighted by Crippen LogP contribution is 2.26. The predicted octanol–water partition coefficient (Wildman–Crippen LogP) is 1.69. The summed E-state index contributed by atoms with van der Waals surface area (Å²) >= 11 is 0. The quantitative estimate of drug-likeness (QED) is 0.849. The molecule has 3 rings (SSSR count). The van der Waals surface area contributed by atoms with Crippen LogP contribution in [0.2, 0.25) is 0 Å². The van der Waals surface area contributed by atoms with Gasteiger partial charge in [-0.3, -0.25) is 9.59 Å². The zero-order valence-electron chi connectivity index (χ0n) is 16.1. The predicted molar refractivity (Wildman–Crippen MR) is 105 cm³/mol. The maximum atomic E-state index is 12.9. The van der Waals surface area contributed by atoms with Crippen LogP contribution in [-0.2, 0) is 4.79 Å². The summed E-state index contributed by atoms with van der Waals surface area (Å²) in [6, 6.07) is 13.7. The summed E-state index contributed by atoms with van der Waals surface area (Å²) in [6.07, 6.45) is 0. The molecule has 0 aromatic heterocycles. The number of nitrogens with zero attached hydrogens (tertiary/aromatic N) is 2. The molecule has 0 saturated carbocycles. The van der Waals surface area contributed by atoms with Gasteiger partial charge in [0.05, 0.1) is 19.8 Å². The molecular weight excluding hydrogens is 358 g/mol. The van der Waals surface area contributed by atoms with Gasteiger partial charge in [-0.2, -0.15) is 0 Å². The van der Waals surface area contributed by atoms with E-state index in [0.29, 0.717) is 43.2 Å². The molecule has 0 radical (unpaired) electrons. The monoisotopic (exact) mass is 383 g/mol. The Morgan fingerprint density at radius 3 is 2.18 bits per heavy atom. The number of carbonyl (C=O) groups is 2. The molecule has 0 bridgehead atoms. The standard InChI is InChI=1S/C21H25N3O4/c1-27-16-8-9-17(18(14-16)28-2)20(25)23-10-12-24(13-11-23)21(26)19(22)15-6-4-3-5-7-15/h3-9,14,19H,10-13,22H2,1-2H3. The fraction of sp³-hybridized carbons (Fsp3) is 0.333. The van der Waals surface area contributed by atoms with Crippen molar-refractivity contribution in [3.8, 4) is 11.5 Å². The van der Waals surface area contributed by atoms with Crippen molar-refractivity contribution in [2.24, 2.45) is 5.73 Å². The maximum Gasteiger partial charge on any atom is 0.257 e. The second kappa shape index (κ2) is 8.75. The highest BCUT2D eigenvalue weighted by Gasteiger charge is 2.29. The fourth-order valence-electron chi connectivity index (χ4n) is 3.28. The van der Waals surface area contributed by atoms with Crippen LogP contribution in [0.5, 0.6) is 11.5 Å². The molecule has 7 heteroatoms. The van der Waals surface area contributed by atoms with Gasteiger partial charge in [0.1, 0.15) is 17.5 Å². The molecule has 1 fully saturated rings. The van der Waals surface area contributed by atoms with E-state index in [4.69, 9.17) is 15.2 Å². The minimum Gasteiger partial charge on any atom is -0.497 e. The fourth-order valence-corrected chi connectivity index (χ4v) is 3.28. The Balaban J connectivity index is 1.64. The van der Waals surface area contributed by atoms with Gasteiger partial charge in [0.2, 0.25) is 5.91 Å². The molecule has 2 N–H and O–H groups in total. The number of rotatable bonds is 5. The number of nitrogens with two attached hydrogens (primary N) is 1. The van der Waals surface area contributed by atoms with E-state index in [1.807, 2.05) is 30.3 Å². The van der Waals surface area contributed by atoms with Gasteiger partial charge >= 0.3 is 0 Å². The lowest BCUT2D eigenvalue weighted by Crippen LogP contribution is -2.52. The molecule has 28 heavy (non-hydrogen) atoms. The van der Waals surface area contributed by atoms with Crippen LogP contribution < -0.4 is 15.2 Å². The topological polar surface area (TPSA) is 85.1 Å². The van der Waals surface area contributed by atoms with Crippen LogP contribution >= 0.6 is 0 Å². The normalized spacial score (nSPS) is 15.1. The summed E-state index contributed by atoms with van der Waals surface area (Å²) in [6.45, 7) is 1.79. The molecule has 1 aliphatic rings. The molecule has 1 unspecified atom stereocenters. The molecule has 1 heterocycles. The zero-order chi connectivity index (χ0) is 20.1. The summed E-state index contributed by atoms with van der Waals surface area (Å²) in [4.78, 5) is 29.0. The van der Waals surface area contributed by atoms with Crippen LogP contribution in [0.15, 0.2) is 48.5 Å². The summed E-state index contributed by atoms with van der Waals surface area (Å²) in [5.74, 6) is 0.840. The Morgan fingerprint density at radius 2 is 1.57 bits per heavy atom. The van der Waals surface area contributed by atoms with Gasteiger partial charge in [-0.1, -0.05) is 30.3 Å². The van der Waals surface area contributed by atoms with E-state index in [2.05, 4.69) is 0 Å². The summed E-state index contributed by atoms with van der Waals surface area (Å²) < 4.78 is 10.5. The van der Waals surface area contributed by atoms with Crippen LogP contribution in [-0.4, -0.2) is 62.0 Å². The van der Waals surface area contributed by atoms with Gasteiger partial charge < -0.3 is 25.0 Å². The first-order valence-electron chi connectivity index (χ1n) is 9.15.